The summed E-state index contributed by atoms with van der Waals surface area (Å²) in [5, 5.41) is 12.1. The van der Waals surface area contributed by atoms with Crippen molar-refractivity contribution in [2.45, 2.75) is 18.9 Å². The van der Waals surface area contributed by atoms with Gasteiger partial charge >= 0.3 is 5.97 Å². The normalized spacial score (nSPS) is 23.0. The molecule has 0 bridgehead atoms. The van der Waals surface area contributed by atoms with Gasteiger partial charge < -0.3 is 15.2 Å². The number of ether oxygens (including phenoxy) is 1. The minimum atomic E-state index is -3.13. The van der Waals surface area contributed by atoms with E-state index < -0.39 is 33.9 Å². The Hall–Kier alpha value is -2.09. The van der Waals surface area contributed by atoms with Gasteiger partial charge in [-0.2, -0.15) is 0 Å². The van der Waals surface area contributed by atoms with E-state index in [-0.39, 0.29) is 22.8 Å². The van der Waals surface area contributed by atoms with E-state index >= 15 is 0 Å². The molecule has 1 atom stereocenters. The first-order chi connectivity index (χ1) is 10.2. The van der Waals surface area contributed by atoms with Gasteiger partial charge in [0.2, 0.25) is 0 Å². The second-order valence-corrected chi connectivity index (χ2v) is 7.73. The lowest BCUT2D eigenvalue weighted by Gasteiger charge is -2.23. The van der Waals surface area contributed by atoms with Gasteiger partial charge in [-0.1, -0.05) is 12.1 Å². The number of phenols is 1. The molecule has 1 aliphatic heterocycles. The number of carbonyl (C=O) groups is 2. The summed E-state index contributed by atoms with van der Waals surface area (Å²) in [6, 6.07) is 5.82. The fourth-order valence-electron chi connectivity index (χ4n) is 2.34. The lowest BCUT2D eigenvalue weighted by molar-refractivity contribution is -0.125. The molecule has 0 aromatic heterocycles. The minimum absolute atomic E-state index is 0.0292. The number of esters is 1. The van der Waals surface area contributed by atoms with E-state index in [2.05, 4.69) is 5.32 Å². The van der Waals surface area contributed by atoms with Gasteiger partial charge in [0.1, 0.15) is 11.3 Å². The largest absolute Gasteiger partial charge is 0.507 e. The lowest BCUT2D eigenvalue weighted by Crippen LogP contribution is -2.48. The maximum atomic E-state index is 11.8. The van der Waals surface area contributed by atoms with Crippen molar-refractivity contribution in [3.05, 3.63) is 29.8 Å². The van der Waals surface area contributed by atoms with Crippen LogP contribution < -0.4 is 5.32 Å². The summed E-state index contributed by atoms with van der Waals surface area (Å²) in [6.07, 6.45) is 0.328. The molecule has 120 valence electrons. The summed E-state index contributed by atoms with van der Waals surface area (Å²) >= 11 is 0. The zero-order valence-electron chi connectivity index (χ0n) is 12.0. The molecule has 0 spiro atoms. The summed E-state index contributed by atoms with van der Waals surface area (Å²) in [7, 11) is -3.13. The van der Waals surface area contributed by atoms with E-state index in [1.165, 1.54) is 12.1 Å². The molecule has 0 aliphatic carbocycles. The molecule has 1 aromatic rings. The van der Waals surface area contributed by atoms with Crippen molar-refractivity contribution in [3.63, 3.8) is 0 Å². The molecule has 2 rings (SSSR count). The van der Waals surface area contributed by atoms with E-state index in [1.807, 2.05) is 0 Å². The van der Waals surface area contributed by atoms with Crippen LogP contribution in [-0.4, -0.2) is 49.1 Å². The summed E-state index contributed by atoms with van der Waals surface area (Å²) in [4.78, 5) is 23.5. The average molecular weight is 327 g/mol. The first-order valence-corrected chi connectivity index (χ1v) is 8.49. The first-order valence-electron chi connectivity index (χ1n) is 6.67. The molecular weight excluding hydrogens is 310 g/mol. The molecule has 22 heavy (non-hydrogen) atoms. The number of amides is 1. The molecule has 0 radical (unpaired) electrons. The zero-order valence-corrected chi connectivity index (χ0v) is 12.9. The van der Waals surface area contributed by atoms with Gasteiger partial charge in [-0.05, 0) is 25.5 Å². The van der Waals surface area contributed by atoms with Crippen molar-refractivity contribution in [1.29, 1.82) is 0 Å². The van der Waals surface area contributed by atoms with Crippen LogP contribution in [0.1, 0.15) is 23.7 Å². The van der Waals surface area contributed by atoms with Crippen LogP contribution in [0.15, 0.2) is 24.3 Å². The molecule has 1 fully saturated rings. The number of hydrogen-bond donors (Lipinski definition) is 2. The van der Waals surface area contributed by atoms with Crippen molar-refractivity contribution in [3.8, 4) is 5.75 Å². The monoisotopic (exact) mass is 327 g/mol. The van der Waals surface area contributed by atoms with Crippen LogP contribution >= 0.6 is 0 Å². The molecule has 1 saturated heterocycles. The highest BCUT2D eigenvalue weighted by Gasteiger charge is 2.39. The van der Waals surface area contributed by atoms with Crippen LogP contribution in [0.4, 0.5) is 0 Å². The highest BCUT2D eigenvalue weighted by Crippen LogP contribution is 2.22. The van der Waals surface area contributed by atoms with Crippen molar-refractivity contribution in [2.24, 2.45) is 0 Å². The van der Waals surface area contributed by atoms with Crippen LogP contribution in [-0.2, 0) is 19.4 Å². The SMILES string of the molecule is C[C@]1(NC(=O)COC(=O)c2ccccc2O)CCS(=O)(=O)C1. The van der Waals surface area contributed by atoms with Crippen molar-refractivity contribution >= 4 is 21.7 Å². The molecule has 2 N–H and O–H groups in total. The van der Waals surface area contributed by atoms with Gasteiger partial charge in [0.15, 0.2) is 16.4 Å². The third-order valence-corrected chi connectivity index (χ3v) is 5.31. The molecule has 7 nitrogen and oxygen atoms in total. The second kappa shape index (κ2) is 5.96. The molecule has 0 unspecified atom stereocenters. The fourth-order valence-corrected chi connectivity index (χ4v) is 4.43. The topological polar surface area (TPSA) is 110 Å². The molecule has 1 heterocycles. The van der Waals surface area contributed by atoms with Crippen molar-refractivity contribution < 1.29 is 27.9 Å². The number of hydrogen-bond acceptors (Lipinski definition) is 6. The Bertz CT molecular complexity index is 699. The summed E-state index contributed by atoms with van der Waals surface area (Å²) in [5.41, 5.74) is -0.873. The quantitative estimate of drug-likeness (QED) is 0.767. The average Bonchev–Trinajstić information content (AvgIpc) is 2.70. The second-order valence-electron chi connectivity index (χ2n) is 5.54. The first kappa shape index (κ1) is 16.3. The Morgan fingerprint density at radius 1 is 1.36 bits per heavy atom. The Kier molecular flexibility index (Phi) is 4.41. The van der Waals surface area contributed by atoms with Crippen LogP contribution in [0.3, 0.4) is 0 Å². The predicted molar refractivity (Wildman–Crippen MR) is 78.2 cm³/mol. The predicted octanol–water partition coefficient (Wildman–Crippen LogP) is 0.242. The number of rotatable bonds is 4. The van der Waals surface area contributed by atoms with Crippen LogP contribution in [0.5, 0.6) is 5.75 Å². The van der Waals surface area contributed by atoms with Gasteiger partial charge in [0.25, 0.3) is 5.91 Å². The molecular formula is C14H17NO6S. The molecule has 0 saturated carbocycles. The number of aromatic hydroxyl groups is 1. The maximum absolute atomic E-state index is 11.8. The molecule has 8 heteroatoms. The Morgan fingerprint density at radius 2 is 2.05 bits per heavy atom. The molecule has 1 aliphatic rings. The zero-order chi connectivity index (χ0) is 16.4. The summed E-state index contributed by atoms with van der Waals surface area (Å²) in [5.74, 6) is -1.73. The van der Waals surface area contributed by atoms with E-state index in [1.54, 1.807) is 19.1 Å². The highest BCUT2D eigenvalue weighted by atomic mass is 32.2. The highest BCUT2D eigenvalue weighted by molar-refractivity contribution is 7.91. The maximum Gasteiger partial charge on any atom is 0.342 e. The van der Waals surface area contributed by atoms with E-state index in [9.17, 15) is 23.1 Å². The van der Waals surface area contributed by atoms with E-state index in [0.29, 0.717) is 6.42 Å². The van der Waals surface area contributed by atoms with Crippen molar-refractivity contribution in [2.75, 3.05) is 18.1 Å². The molecule has 1 aromatic carbocycles. The number of sulfone groups is 1. The van der Waals surface area contributed by atoms with Crippen LogP contribution in [0, 0.1) is 0 Å². The smallest absolute Gasteiger partial charge is 0.342 e. The third kappa shape index (κ3) is 3.97. The van der Waals surface area contributed by atoms with Gasteiger partial charge in [-0.3, -0.25) is 4.79 Å². The Balaban J connectivity index is 1.89. The number of nitrogens with one attached hydrogen (secondary N) is 1. The number of phenolic OH excluding ortho intramolecular Hbond substituents is 1. The minimum Gasteiger partial charge on any atom is -0.507 e. The Labute approximate surface area is 128 Å². The number of carbonyl (C=O) groups excluding carboxylic acids is 2. The lowest BCUT2D eigenvalue weighted by atomic mass is 10.0. The third-order valence-electron chi connectivity index (χ3n) is 3.40. The molecule has 1 amide bonds. The van der Waals surface area contributed by atoms with Gasteiger partial charge in [-0.25, -0.2) is 13.2 Å². The van der Waals surface area contributed by atoms with Gasteiger partial charge in [0.05, 0.1) is 17.0 Å². The van der Waals surface area contributed by atoms with Crippen LogP contribution in [0.2, 0.25) is 0 Å². The van der Waals surface area contributed by atoms with Gasteiger partial charge in [0, 0.05) is 0 Å². The summed E-state index contributed by atoms with van der Waals surface area (Å²) < 4.78 is 27.7. The Morgan fingerprint density at radius 3 is 2.64 bits per heavy atom. The van der Waals surface area contributed by atoms with E-state index in [0.717, 1.165) is 0 Å². The summed E-state index contributed by atoms with van der Waals surface area (Å²) in [6.45, 7) is 1.10. The van der Waals surface area contributed by atoms with Crippen LogP contribution in [0.25, 0.3) is 0 Å². The fraction of sp³-hybridized carbons (Fsp3) is 0.429. The van der Waals surface area contributed by atoms with E-state index in [4.69, 9.17) is 4.74 Å². The van der Waals surface area contributed by atoms with Gasteiger partial charge in [-0.15, -0.1) is 0 Å². The van der Waals surface area contributed by atoms with Crippen molar-refractivity contribution in [1.82, 2.24) is 5.32 Å². The standard InChI is InChI=1S/C14H17NO6S/c1-14(6-7-22(19,20)9-14)15-12(17)8-21-13(18)10-4-2-3-5-11(10)16/h2-5,16H,6-9H2,1H3,(H,15,17)/t14-/m0/s1. The number of para-hydroxylation sites is 1. The number of benzene rings is 1.